The molecule has 1 saturated carbocycles. The molecule has 1 heterocycles. The molecule has 1 aliphatic rings. The highest BCUT2D eigenvalue weighted by molar-refractivity contribution is 7.99. The van der Waals surface area contributed by atoms with Crippen LogP contribution in [-0.2, 0) is 0 Å². The minimum absolute atomic E-state index is 0.917. The Kier molecular flexibility index (Phi) is 4.98. The van der Waals surface area contributed by atoms with Crippen molar-refractivity contribution in [3.8, 4) is 0 Å². The van der Waals surface area contributed by atoms with Crippen molar-refractivity contribution >= 4 is 22.8 Å². The van der Waals surface area contributed by atoms with Gasteiger partial charge in [-0.3, -0.25) is 0 Å². The average molecular weight is 289 g/mol. The molecular formula is C16H23N3S. The van der Waals surface area contributed by atoms with Crippen LogP contribution in [0.2, 0.25) is 0 Å². The van der Waals surface area contributed by atoms with Gasteiger partial charge < -0.3 is 10.3 Å². The molecule has 2 N–H and O–H groups in total. The summed E-state index contributed by atoms with van der Waals surface area (Å²) < 4.78 is 0. The van der Waals surface area contributed by atoms with E-state index in [1.54, 1.807) is 11.8 Å². The van der Waals surface area contributed by atoms with Gasteiger partial charge in [0.05, 0.1) is 11.0 Å². The summed E-state index contributed by atoms with van der Waals surface area (Å²) in [6.45, 7) is 2.26. The number of nitrogens with one attached hydrogen (secondary N) is 2. The first-order valence-electron chi connectivity index (χ1n) is 7.70. The van der Waals surface area contributed by atoms with Crippen molar-refractivity contribution in [2.45, 2.75) is 37.3 Å². The van der Waals surface area contributed by atoms with Crippen LogP contribution < -0.4 is 5.32 Å². The molecule has 0 aliphatic heterocycles. The van der Waals surface area contributed by atoms with E-state index < -0.39 is 0 Å². The number of fused-ring (bicyclic) bond motifs is 1. The van der Waals surface area contributed by atoms with Gasteiger partial charge in [-0.05, 0) is 37.4 Å². The molecule has 4 heteroatoms. The Morgan fingerprint density at radius 1 is 1.20 bits per heavy atom. The first-order valence-corrected chi connectivity index (χ1v) is 8.68. The second-order valence-electron chi connectivity index (χ2n) is 5.62. The average Bonchev–Trinajstić information content (AvgIpc) is 2.90. The van der Waals surface area contributed by atoms with Gasteiger partial charge in [0.15, 0.2) is 5.16 Å². The minimum Gasteiger partial charge on any atom is -0.333 e. The quantitative estimate of drug-likeness (QED) is 0.627. The lowest BCUT2D eigenvalue weighted by molar-refractivity contribution is 0.345. The molecule has 3 nitrogen and oxygen atoms in total. The summed E-state index contributed by atoms with van der Waals surface area (Å²) in [6, 6.07) is 8.20. The molecule has 1 aromatic heterocycles. The molecule has 0 radical (unpaired) electrons. The van der Waals surface area contributed by atoms with Crippen molar-refractivity contribution in [3.63, 3.8) is 0 Å². The van der Waals surface area contributed by atoms with Crippen LogP contribution in [0.15, 0.2) is 29.4 Å². The number of imidazole rings is 1. The fourth-order valence-electron chi connectivity index (χ4n) is 2.92. The van der Waals surface area contributed by atoms with E-state index in [-0.39, 0.29) is 0 Å². The Morgan fingerprint density at radius 2 is 2.05 bits per heavy atom. The molecule has 2 aromatic rings. The fraction of sp³-hybridized carbons (Fsp3) is 0.562. The Labute approximate surface area is 124 Å². The Hall–Kier alpha value is -1.00. The Morgan fingerprint density at radius 3 is 2.90 bits per heavy atom. The normalized spacial score (nSPS) is 16.8. The summed E-state index contributed by atoms with van der Waals surface area (Å²) in [6.07, 6.45) is 7.14. The van der Waals surface area contributed by atoms with Crippen molar-refractivity contribution in [1.29, 1.82) is 0 Å². The zero-order chi connectivity index (χ0) is 13.6. The molecular weight excluding hydrogens is 266 g/mol. The summed E-state index contributed by atoms with van der Waals surface area (Å²) in [5.41, 5.74) is 2.19. The van der Waals surface area contributed by atoms with Gasteiger partial charge in [-0.1, -0.05) is 43.2 Å². The molecule has 0 bridgehead atoms. The van der Waals surface area contributed by atoms with Gasteiger partial charge >= 0.3 is 0 Å². The van der Waals surface area contributed by atoms with Crippen molar-refractivity contribution in [3.05, 3.63) is 24.3 Å². The predicted molar refractivity (Wildman–Crippen MR) is 86.3 cm³/mol. The van der Waals surface area contributed by atoms with Gasteiger partial charge in [0.2, 0.25) is 0 Å². The second kappa shape index (κ2) is 7.14. The SMILES string of the molecule is c1ccc2[nH]c(SCCNCC3CCCCC3)nc2c1. The largest absolute Gasteiger partial charge is 0.333 e. The summed E-state index contributed by atoms with van der Waals surface area (Å²) in [5.74, 6) is 1.99. The van der Waals surface area contributed by atoms with E-state index in [0.29, 0.717) is 0 Å². The molecule has 0 unspecified atom stereocenters. The van der Waals surface area contributed by atoms with Crippen molar-refractivity contribution in [2.24, 2.45) is 5.92 Å². The summed E-state index contributed by atoms with van der Waals surface area (Å²) in [5, 5.41) is 4.63. The maximum Gasteiger partial charge on any atom is 0.166 e. The monoisotopic (exact) mass is 289 g/mol. The highest BCUT2D eigenvalue weighted by atomic mass is 32.2. The smallest absolute Gasteiger partial charge is 0.166 e. The number of rotatable bonds is 6. The van der Waals surface area contributed by atoms with E-state index in [9.17, 15) is 0 Å². The lowest BCUT2D eigenvalue weighted by atomic mass is 9.89. The maximum atomic E-state index is 4.58. The lowest BCUT2D eigenvalue weighted by Crippen LogP contribution is -2.26. The first kappa shape index (κ1) is 14.0. The second-order valence-corrected chi connectivity index (χ2v) is 6.70. The summed E-state index contributed by atoms with van der Waals surface area (Å²) in [7, 11) is 0. The number of H-pyrrole nitrogens is 1. The van der Waals surface area contributed by atoms with E-state index in [4.69, 9.17) is 0 Å². The number of para-hydroxylation sites is 2. The van der Waals surface area contributed by atoms with Crippen molar-refractivity contribution < 1.29 is 0 Å². The van der Waals surface area contributed by atoms with Crippen LogP contribution in [0.25, 0.3) is 11.0 Å². The standard InChI is InChI=1S/C16H23N3S/c1-2-6-13(7-3-1)12-17-10-11-20-16-18-14-8-4-5-9-15(14)19-16/h4-5,8-9,13,17H,1-3,6-7,10-12H2,(H,18,19). The topological polar surface area (TPSA) is 40.7 Å². The van der Waals surface area contributed by atoms with Crippen LogP contribution in [-0.4, -0.2) is 28.8 Å². The highest BCUT2D eigenvalue weighted by Gasteiger charge is 2.12. The number of hydrogen-bond donors (Lipinski definition) is 2. The third-order valence-corrected chi connectivity index (χ3v) is 4.92. The van der Waals surface area contributed by atoms with E-state index in [1.807, 2.05) is 12.1 Å². The van der Waals surface area contributed by atoms with Gasteiger partial charge in [-0.25, -0.2) is 4.98 Å². The predicted octanol–water partition coefficient (Wildman–Crippen LogP) is 3.82. The van der Waals surface area contributed by atoms with Crippen LogP contribution in [0.1, 0.15) is 32.1 Å². The minimum atomic E-state index is 0.917. The fourth-order valence-corrected chi connectivity index (χ4v) is 3.70. The molecule has 20 heavy (non-hydrogen) atoms. The van der Waals surface area contributed by atoms with Crippen LogP contribution in [0.3, 0.4) is 0 Å². The van der Waals surface area contributed by atoms with Crippen LogP contribution >= 0.6 is 11.8 Å². The summed E-state index contributed by atoms with van der Waals surface area (Å²) in [4.78, 5) is 7.94. The number of hydrogen-bond acceptors (Lipinski definition) is 3. The molecule has 1 aliphatic carbocycles. The number of aromatic amines is 1. The molecule has 0 atom stereocenters. The molecule has 0 spiro atoms. The summed E-state index contributed by atoms with van der Waals surface area (Å²) >= 11 is 1.80. The third kappa shape index (κ3) is 3.76. The van der Waals surface area contributed by atoms with E-state index >= 15 is 0 Å². The van der Waals surface area contributed by atoms with E-state index in [2.05, 4.69) is 27.4 Å². The van der Waals surface area contributed by atoms with Crippen LogP contribution in [0.4, 0.5) is 0 Å². The van der Waals surface area contributed by atoms with E-state index in [1.165, 1.54) is 38.6 Å². The molecule has 108 valence electrons. The van der Waals surface area contributed by atoms with Gasteiger partial charge in [-0.15, -0.1) is 0 Å². The highest BCUT2D eigenvalue weighted by Crippen LogP contribution is 2.23. The van der Waals surface area contributed by atoms with Crippen LogP contribution in [0.5, 0.6) is 0 Å². The number of benzene rings is 1. The molecule has 3 rings (SSSR count). The van der Waals surface area contributed by atoms with Crippen molar-refractivity contribution in [1.82, 2.24) is 15.3 Å². The number of thioether (sulfide) groups is 1. The van der Waals surface area contributed by atoms with Gasteiger partial charge in [0, 0.05) is 12.3 Å². The van der Waals surface area contributed by atoms with Gasteiger partial charge in [0.1, 0.15) is 0 Å². The Balaban J connectivity index is 1.37. The maximum absolute atomic E-state index is 4.58. The zero-order valence-electron chi connectivity index (χ0n) is 11.9. The zero-order valence-corrected chi connectivity index (χ0v) is 12.7. The van der Waals surface area contributed by atoms with Gasteiger partial charge in [-0.2, -0.15) is 0 Å². The number of aromatic nitrogens is 2. The Bertz CT molecular complexity index is 498. The number of nitrogens with zero attached hydrogens (tertiary/aromatic N) is 1. The van der Waals surface area contributed by atoms with E-state index in [0.717, 1.165) is 34.4 Å². The van der Waals surface area contributed by atoms with Crippen molar-refractivity contribution in [2.75, 3.05) is 18.8 Å². The van der Waals surface area contributed by atoms with Crippen LogP contribution in [0, 0.1) is 5.92 Å². The lowest BCUT2D eigenvalue weighted by Gasteiger charge is -2.21. The molecule has 0 amide bonds. The molecule has 0 saturated heterocycles. The first-order chi connectivity index (χ1) is 9.92. The molecule has 1 fully saturated rings. The third-order valence-electron chi connectivity index (χ3n) is 4.04. The molecule has 1 aromatic carbocycles. The van der Waals surface area contributed by atoms with Gasteiger partial charge in [0.25, 0.3) is 0 Å².